The maximum absolute atomic E-state index is 12.7. The summed E-state index contributed by atoms with van der Waals surface area (Å²) in [4.78, 5) is 16.1. The number of aryl methyl sites for hydroxylation is 2. The van der Waals surface area contributed by atoms with Crippen molar-refractivity contribution in [2.75, 3.05) is 11.1 Å². The fourth-order valence-corrected chi connectivity index (χ4v) is 3.87. The molecule has 0 fully saturated rings. The molecule has 1 amide bonds. The summed E-state index contributed by atoms with van der Waals surface area (Å²) in [5.74, 6) is 0.366. The minimum absolute atomic E-state index is 0.0991. The van der Waals surface area contributed by atoms with E-state index in [1.807, 2.05) is 56.3 Å². The quantitative estimate of drug-likeness (QED) is 0.397. The Balaban J connectivity index is 1.72. The van der Waals surface area contributed by atoms with E-state index in [2.05, 4.69) is 26.6 Å². The van der Waals surface area contributed by atoms with Gasteiger partial charge in [0.15, 0.2) is 5.82 Å². The van der Waals surface area contributed by atoms with E-state index in [0.29, 0.717) is 11.4 Å². The summed E-state index contributed by atoms with van der Waals surface area (Å²) < 4.78 is 0. The Kier molecular flexibility index (Phi) is 3.42. The fraction of sp³-hybridized carbons (Fsp3) is 0.0909. The van der Waals surface area contributed by atoms with E-state index < -0.39 is 0 Å². The summed E-state index contributed by atoms with van der Waals surface area (Å²) in [7, 11) is 0. The van der Waals surface area contributed by atoms with Crippen LogP contribution in [0.2, 0.25) is 0 Å². The van der Waals surface area contributed by atoms with Crippen LogP contribution >= 0.6 is 0 Å². The molecule has 3 heterocycles. The van der Waals surface area contributed by atoms with Crippen LogP contribution in [0.4, 0.5) is 11.5 Å². The molecule has 1 aliphatic heterocycles. The van der Waals surface area contributed by atoms with Crippen molar-refractivity contribution >= 4 is 40.0 Å². The number of aromatic nitrogens is 3. The number of nitrogens with zero attached hydrogens (tertiary/aromatic N) is 1. The van der Waals surface area contributed by atoms with Crippen molar-refractivity contribution in [3.05, 3.63) is 65.0 Å². The SMILES string of the molecule is Cc1cc(C)c(/C=C2\C(=O)Nc3cccc(-c4ccc5[nH]nc(N)c5c4)c32)[nH]1. The maximum atomic E-state index is 12.7. The number of aromatic amines is 2. The van der Waals surface area contributed by atoms with Gasteiger partial charge in [0.25, 0.3) is 5.91 Å². The van der Waals surface area contributed by atoms with Gasteiger partial charge in [-0.05, 0) is 60.9 Å². The molecule has 5 rings (SSSR count). The van der Waals surface area contributed by atoms with Crippen molar-refractivity contribution < 1.29 is 4.79 Å². The number of anilines is 2. The molecule has 6 heteroatoms. The van der Waals surface area contributed by atoms with E-state index in [1.54, 1.807) is 0 Å². The van der Waals surface area contributed by atoms with Crippen molar-refractivity contribution in [1.29, 1.82) is 0 Å². The molecule has 0 saturated heterocycles. The molecule has 0 unspecified atom stereocenters. The number of benzene rings is 2. The normalized spacial score (nSPS) is 14.6. The first kappa shape index (κ1) is 16.4. The highest BCUT2D eigenvalue weighted by molar-refractivity contribution is 6.36. The number of carbonyl (C=O) groups excluding carboxylic acids is 1. The van der Waals surface area contributed by atoms with E-state index >= 15 is 0 Å². The van der Waals surface area contributed by atoms with Gasteiger partial charge in [0.2, 0.25) is 0 Å². The highest BCUT2D eigenvalue weighted by Crippen LogP contribution is 2.41. The standard InChI is InChI=1S/C22H19N5O/c1-11-8-12(2)24-19(11)10-16-20-14(4-3-5-18(20)25-22(16)28)13-6-7-17-15(9-13)21(23)27-26-17/h3-10,24H,1-2H3,(H,25,28)(H3,23,26,27)/b16-10-. The first-order valence-electron chi connectivity index (χ1n) is 9.08. The lowest BCUT2D eigenvalue weighted by molar-refractivity contribution is -0.110. The van der Waals surface area contributed by atoms with Crippen LogP contribution in [0.3, 0.4) is 0 Å². The smallest absolute Gasteiger partial charge is 0.256 e. The van der Waals surface area contributed by atoms with Gasteiger partial charge in [0.05, 0.1) is 11.1 Å². The number of nitrogens with two attached hydrogens (primary N) is 1. The average Bonchev–Trinajstić information content (AvgIpc) is 3.31. The molecule has 4 aromatic rings. The van der Waals surface area contributed by atoms with Crippen LogP contribution in [-0.2, 0) is 4.79 Å². The largest absolute Gasteiger partial charge is 0.382 e. The Morgan fingerprint density at radius 3 is 2.75 bits per heavy atom. The summed E-state index contributed by atoms with van der Waals surface area (Å²) in [5.41, 5.74) is 14.3. The van der Waals surface area contributed by atoms with Crippen LogP contribution in [0.25, 0.3) is 33.7 Å². The van der Waals surface area contributed by atoms with E-state index in [0.717, 1.165) is 50.2 Å². The number of carbonyl (C=O) groups is 1. The molecule has 28 heavy (non-hydrogen) atoms. The van der Waals surface area contributed by atoms with Crippen LogP contribution in [0.1, 0.15) is 22.5 Å². The fourth-order valence-electron chi connectivity index (χ4n) is 3.87. The van der Waals surface area contributed by atoms with Gasteiger partial charge in [-0.25, -0.2) is 0 Å². The summed E-state index contributed by atoms with van der Waals surface area (Å²) in [6.45, 7) is 4.04. The van der Waals surface area contributed by atoms with Crippen LogP contribution in [0.15, 0.2) is 42.5 Å². The first-order chi connectivity index (χ1) is 13.5. The zero-order valence-electron chi connectivity index (χ0n) is 15.6. The summed E-state index contributed by atoms with van der Waals surface area (Å²) in [5, 5.41) is 10.8. The van der Waals surface area contributed by atoms with Gasteiger partial charge >= 0.3 is 0 Å². The number of fused-ring (bicyclic) bond motifs is 2. The van der Waals surface area contributed by atoms with Crippen molar-refractivity contribution in [3.8, 4) is 11.1 Å². The Morgan fingerprint density at radius 1 is 1.11 bits per heavy atom. The third-order valence-electron chi connectivity index (χ3n) is 5.21. The van der Waals surface area contributed by atoms with Crippen LogP contribution in [-0.4, -0.2) is 21.1 Å². The molecule has 6 nitrogen and oxygen atoms in total. The van der Waals surface area contributed by atoms with E-state index in [1.165, 1.54) is 0 Å². The summed E-state index contributed by atoms with van der Waals surface area (Å²) in [6.07, 6.45) is 1.93. The topological polar surface area (TPSA) is 99.6 Å². The molecule has 2 aromatic heterocycles. The minimum Gasteiger partial charge on any atom is -0.382 e. The van der Waals surface area contributed by atoms with Crippen LogP contribution in [0.5, 0.6) is 0 Å². The second-order valence-electron chi connectivity index (χ2n) is 7.16. The third kappa shape index (κ3) is 2.42. The van der Waals surface area contributed by atoms with Crippen molar-refractivity contribution in [2.24, 2.45) is 0 Å². The highest BCUT2D eigenvalue weighted by atomic mass is 16.2. The van der Waals surface area contributed by atoms with Gasteiger partial charge in [-0.1, -0.05) is 18.2 Å². The van der Waals surface area contributed by atoms with Crippen molar-refractivity contribution in [3.63, 3.8) is 0 Å². The van der Waals surface area contributed by atoms with E-state index in [-0.39, 0.29) is 5.91 Å². The van der Waals surface area contributed by atoms with Gasteiger partial charge in [0.1, 0.15) is 0 Å². The van der Waals surface area contributed by atoms with Crippen molar-refractivity contribution in [2.45, 2.75) is 13.8 Å². The second kappa shape index (κ2) is 5.85. The van der Waals surface area contributed by atoms with Crippen LogP contribution in [0, 0.1) is 13.8 Å². The number of hydrogen-bond acceptors (Lipinski definition) is 3. The molecular formula is C22H19N5O. The molecule has 0 aliphatic carbocycles. The van der Waals surface area contributed by atoms with Crippen molar-refractivity contribution in [1.82, 2.24) is 15.2 Å². The highest BCUT2D eigenvalue weighted by Gasteiger charge is 2.27. The lowest BCUT2D eigenvalue weighted by Gasteiger charge is -2.09. The molecule has 2 aromatic carbocycles. The Hall–Kier alpha value is -3.80. The predicted octanol–water partition coefficient (Wildman–Crippen LogP) is 4.25. The zero-order valence-corrected chi connectivity index (χ0v) is 15.6. The minimum atomic E-state index is -0.0991. The molecule has 0 atom stereocenters. The lowest BCUT2D eigenvalue weighted by atomic mass is 9.93. The molecule has 0 bridgehead atoms. The predicted molar refractivity (Wildman–Crippen MR) is 113 cm³/mol. The molecule has 5 N–H and O–H groups in total. The third-order valence-corrected chi connectivity index (χ3v) is 5.21. The molecule has 0 spiro atoms. The molecule has 0 saturated carbocycles. The number of nitrogen functional groups attached to an aromatic ring is 1. The number of amides is 1. The number of hydrogen-bond donors (Lipinski definition) is 4. The van der Waals surface area contributed by atoms with Gasteiger partial charge in [-0.2, -0.15) is 5.10 Å². The van der Waals surface area contributed by atoms with E-state index in [9.17, 15) is 4.79 Å². The summed E-state index contributed by atoms with van der Waals surface area (Å²) >= 11 is 0. The monoisotopic (exact) mass is 369 g/mol. The second-order valence-corrected chi connectivity index (χ2v) is 7.16. The van der Waals surface area contributed by atoms with Crippen LogP contribution < -0.4 is 11.1 Å². The number of nitrogens with one attached hydrogen (secondary N) is 3. The van der Waals surface area contributed by atoms with Gasteiger partial charge < -0.3 is 16.0 Å². The average molecular weight is 369 g/mol. The van der Waals surface area contributed by atoms with Gasteiger partial charge in [-0.15, -0.1) is 0 Å². The first-order valence-corrected chi connectivity index (χ1v) is 9.08. The Morgan fingerprint density at radius 2 is 1.96 bits per heavy atom. The number of rotatable bonds is 2. The Bertz CT molecular complexity index is 1290. The molecule has 138 valence electrons. The molecule has 1 aliphatic rings. The number of H-pyrrole nitrogens is 2. The van der Waals surface area contributed by atoms with Gasteiger partial charge in [0, 0.05) is 28.0 Å². The maximum Gasteiger partial charge on any atom is 0.256 e. The summed E-state index contributed by atoms with van der Waals surface area (Å²) in [6, 6.07) is 14.0. The van der Waals surface area contributed by atoms with Gasteiger partial charge in [-0.3, -0.25) is 9.89 Å². The lowest BCUT2D eigenvalue weighted by Crippen LogP contribution is -2.03. The zero-order chi connectivity index (χ0) is 19.4. The molecular weight excluding hydrogens is 350 g/mol. The van der Waals surface area contributed by atoms with E-state index in [4.69, 9.17) is 5.73 Å². The Labute approximate surface area is 161 Å². The molecule has 0 radical (unpaired) electrons.